The van der Waals surface area contributed by atoms with Crippen molar-refractivity contribution in [2.75, 3.05) is 0 Å². The van der Waals surface area contributed by atoms with E-state index in [0.29, 0.717) is 5.56 Å². The van der Waals surface area contributed by atoms with Gasteiger partial charge in [-0.15, -0.1) is 0 Å². The van der Waals surface area contributed by atoms with Crippen LogP contribution in [0.5, 0.6) is 0 Å². The number of aryl methyl sites for hydroxylation is 1. The maximum atomic E-state index is 11.0. The first-order valence-electron chi connectivity index (χ1n) is 6.07. The number of hydrogen-bond donors (Lipinski definition) is 1. The van der Waals surface area contributed by atoms with Crippen molar-refractivity contribution >= 4 is 11.5 Å². The first kappa shape index (κ1) is 11.5. The molecule has 0 bridgehead atoms. The van der Waals surface area contributed by atoms with Gasteiger partial charge in [0.1, 0.15) is 0 Å². The van der Waals surface area contributed by atoms with E-state index in [2.05, 4.69) is 12.1 Å². The molecule has 0 radical (unpaired) electrons. The van der Waals surface area contributed by atoms with Crippen molar-refractivity contribution < 1.29 is 9.90 Å². The van der Waals surface area contributed by atoms with Gasteiger partial charge in [0.2, 0.25) is 0 Å². The molecule has 0 aliphatic carbocycles. The minimum Gasteiger partial charge on any atom is -0.478 e. The highest BCUT2D eigenvalue weighted by Gasteiger charge is 2.10. The topological polar surface area (TPSA) is 41.7 Å². The molecule has 1 N–H and O–H groups in total. The number of pyridine rings is 1. The van der Waals surface area contributed by atoms with Gasteiger partial charge in [0, 0.05) is 23.5 Å². The Labute approximate surface area is 110 Å². The number of carboxylic acid groups (broad SMARTS) is 1. The zero-order valence-corrected chi connectivity index (χ0v) is 10.5. The number of fused-ring (bicyclic) bond motifs is 1. The van der Waals surface area contributed by atoms with Crippen LogP contribution in [0.15, 0.2) is 54.9 Å². The molecule has 3 aromatic rings. The van der Waals surface area contributed by atoms with Gasteiger partial charge >= 0.3 is 5.97 Å². The first-order valence-corrected chi connectivity index (χ1v) is 6.07. The summed E-state index contributed by atoms with van der Waals surface area (Å²) in [6, 6.07) is 13.4. The summed E-state index contributed by atoms with van der Waals surface area (Å²) in [4.78, 5) is 11.0. The fourth-order valence-corrected chi connectivity index (χ4v) is 2.34. The smallest absolute Gasteiger partial charge is 0.335 e. The number of aromatic nitrogens is 1. The Balaban J connectivity index is 2.24. The second kappa shape index (κ2) is 4.28. The average molecular weight is 251 g/mol. The first-order chi connectivity index (χ1) is 9.16. The quantitative estimate of drug-likeness (QED) is 0.756. The molecule has 19 heavy (non-hydrogen) atoms. The van der Waals surface area contributed by atoms with Gasteiger partial charge in [0.15, 0.2) is 0 Å². The van der Waals surface area contributed by atoms with Gasteiger partial charge in [-0.3, -0.25) is 0 Å². The van der Waals surface area contributed by atoms with E-state index < -0.39 is 5.97 Å². The summed E-state index contributed by atoms with van der Waals surface area (Å²) in [5.74, 6) is -0.899. The molecule has 0 spiro atoms. The molecule has 0 atom stereocenters. The Morgan fingerprint density at radius 3 is 2.58 bits per heavy atom. The lowest BCUT2D eigenvalue weighted by Crippen LogP contribution is -1.97. The van der Waals surface area contributed by atoms with E-state index in [1.807, 2.05) is 35.7 Å². The number of hydrogen-bond acceptors (Lipinski definition) is 1. The van der Waals surface area contributed by atoms with Crippen molar-refractivity contribution in [3.05, 3.63) is 66.0 Å². The molecule has 0 fully saturated rings. The van der Waals surface area contributed by atoms with Crippen molar-refractivity contribution in [2.45, 2.75) is 6.92 Å². The molecule has 0 saturated heterocycles. The number of aromatic carboxylic acids is 1. The van der Waals surface area contributed by atoms with Crippen LogP contribution in [0.1, 0.15) is 15.9 Å². The highest BCUT2D eigenvalue weighted by Crippen LogP contribution is 2.28. The molecule has 1 aromatic carbocycles. The lowest BCUT2D eigenvalue weighted by atomic mass is 10.0. The Bertz CT molecular complexity index is 757. The van der Waals surface area contributed by atoms with E-state index in [0.717, 1.165) is 22.2 Å². The summed E-state index contributed by atoms with van der Waals surface area (Å²) in [5.41, 5.74) is 4.60. The van der Waals surface area contributed by atoms with Gasteiger partial charge in [-0.1, -0.05) is 30.3 Å². The lowest BCUT2D eigenvalue weighted by Gasteiger charge is -1.99. The molecule has 3 nitrogen and oxygen atoms in total. The number of rotatable bonds is 2. The maximum Gasteiger partial charge on any atom is 0.335 e. The lowest BCUT2D eigenvalue weighted by molar-refractivity contribution is 0.0697. The Hall–Kier alpha value is -2.55. The number of carboxylic acids is 1. The van der Waals surface area contributed by atoms with Crippen LogP contribution in [0.25, 0.3) is 16.6 Å². The summed E-state index contributed by atoms with van der Waals surface area (Å²) in [5, 5.41) is 9.05. The standard InChI is InChI=1S/C16H13NO2/c1-11-14(12-5-3-2-4-6-12)10-17-8-7-13(16(18)19)9-15(11)17/h2-10H,1H3,(H,18,19). The van der Waals surface area contributed by atoms with E-state index >= 15 is 0 Å². The van der Waals surface area contributed by atoms with Crippen LogP contribution in [0, 0.1) is 6.92 Å². The van der Waals surface area contributed by atoms with Gasteiger partial charge in [0.05, 0.1) is 5.56 Å². The highest BCUT2D eigenvalue weighted by molar-refractivity contribution is 5.90. The molecular formula is C16H13NO2. The predicted molar refractivity (Wildman–Crippen MR) is 74.5 cm³/mol. The van der Waals surface area contributed by atoms with E-state index in [1.54, 1.807) is 18.3 Å². The van der Waals surface area contributed by atoms with E-state index in [-0.39, 0.29) is 0 Å². The Morgan fingerprint density at radius 2 is 1.89 bits per heavy atom. The summed E-state index contributed by atoms with van der Waals surface area (Å²) in [6.07, 6.45) is 3.82. The van der Waals surface area contributed by atoms with E-state index in [1.165, 1.54) is 0 Å². The van der Waals surface area contributed by atoms with Gasteiger partial charge in [-0.05, 0) is 30.2 Å². The van der Waals surface area contributed by atoms with E-state index in [4.69, 9.17) is 5.11 Å². The van der Waals surface area contributed by atoms with Crippen LogP contribution in [0.3, 0.4) is 0 Å². The third-order valence-corrected chi connectivity index (χ3v) is 3.37. The summed E-state index contributed by atoms with van der Waals surface area (Å²) >= 11 is 0. The normalized spacial score (nSPS) is 10.8. The summed E-state index contributed by atoms with van der Waals surface area (Å²) in [7, 11) is 0. The third kappa shape index (κ3) is 1.89. The maximum absolute atomic E-state index is 11.0. The van der Waals surface area contributed by atoms with E-state index in [9.17, 15) is 4.79 Å². The minimum absolute atomic E-state index is 0.313. The van der Waals surface area contributed by atoms with Crippen LogP contribution in [0.4, 0.5) is 0 Å². The van der Waals surface area contributed by atoms with Crippen molar-refractivity contribution in [1.82, 2.24) is 4.40 Å². The zero-order chi connectivity index (χ0) is 13.4. The predicted octanol–water partition coefficient (Wildman–Crippen LogP) is 3.61. The number of benzene rings is 1. The fourth-order valence-electron chi connectivity index (χ4n) is 2.34. The Morgan fingerprint density at radius 1 is 1.16 bits per heavy atom. The molecule has 0 saturated carbocycles. The molecule has 3 rings (SSSR count). The van der Waals surface area contributed by atoms with Crippen LogP contribution in [-0.2, 0) is 0 Å². The average Bonchev–Trinajstić information content (AvgIpc) is 2.77. The monoisotopic (exact) mass is 251 g/mol. The minimum atomic E-state index is -0.899. The molecular weight excluding hydrogens is 238 g/mol. The highest BCUT2D eigenvalue weighted by atomic mass is 16.4. The summed E-state index contributed by atoms with van der Waals surface area (Å²) in [6.45, 7) is 2.02. The molecule has 0 amide bonds. The van der Waals surface area contributed by atoms with Crippen molar-refractivity contribution in [1.29, 1.82) is 0 Å². The molecule has 3 heteroatoms. The van der Waals surface area contributed by atoms with Gasteiger partial charge < -0.3 is 9.51 Å². The van der Waals surface area contributed by atoms with Crippen LogP contribution >= 0.6 is 0 Å². The van der Waals surface area contributed by atoms with Crippen molar-refractivity contribution in [2.24, 2.45) is 0 Å². The van der Waals surface area contributed by atoms with Crippen molar-refractivity contribution in [3.63, 3.8) is 0 Å². The molecule has 0 aliphatic heterocycles. The second-order valence-corrected chi connectivity index (χ2v) is 4.55. The Kier molecular flexibility index (Phi) is 2.60. The number of carbonyl (C=O) groups is 1. The largest absolute Gasteiger partial charge is 0.478 e. The molecule has 2 heterocycles. The molecule has 0 unspecified atom stereocenters. The fraction of sp³-hybridized carbons (Fsp3) is 0.0625. The number of nitrogens with zero attached hydrogens (tertiary/aromatic N) is 1. The second-order valence-electron chi connectivity index (χ2n) is 4.55. The van der Waals surface area contributed by atoms with Gasteiger partial charge in [0.25, 0.3) is 0 Å². The van der Waals surface area contributed by atoms with Crippen LogP contribution in [-0.4, -0.2) is 15.5 Å². The SMILES string of the molecule is Cc1c(-c2ccccc2)cn2ccc(C(=O)O)cc12. The van der Waals surface area contributed by atoms with Crippen molar-refractivity contribution in [3.8, 4) is 11.1 Å². The summed E-state index contributed by atoms with van der Waals surface area (Å²) < 4.78 is 1.96. The van der Waals surface area contributed by atoms with Crippen LogP contribution in [0.2, 0.25) is 0 Å². The van der Waals surface area contributed by atoms with Crippen LogP contribution < -0.4 is 0 Å². The third-order valence-electron chi connectivity index (χ3n) is 3.37. The molecule has 94 valence electrons. The van der Waals surface area contributed by atoms with Gasteiger partial charge in [-0.25, -0.2) is 4.79 Å². The van der Waals surface area contributed by atoms with Gasteiger partial charge in [-0.2, -0.15) is 0 Å². The molecule has 2 aromatic heterocycles. The molecule has 0 aliphatic rings. The zero-order valence-electron chi connectivity index (χ0n) is 10.5.